The lowest BCUT2D eigenvalue weighted by atomic mass is 10.2. The van der Waals surface area contributed by atoms with Crippen LogP contribution in [0.4, 0.5) is 5.69 Å². The van der Waals surface area contributed by atoms with Gasteiger partial charge in [0.25, 0.3) is 11.5 Å². The molecular weight excluding hydrogens is 386 g/mol. The fourth-order valence-corrected chi connectivity index (χ4v) is 3.11. The molecule has 154 valence electrons. The molecule has 0 bridgehead atoms. The van der Waals surface area contributed by atoms with Crippen molar-refractivity contribution in [2.24, 2.45) is 14.1 Å². The number of amides is 1. The SMILES string of the molecule is CCOc1ccc(N(CCC#N)C(=O)c2ccc3c(=O)n(C)c(=O)n(C)c3n2)cc1. The van der Waals surface area contributed by atoms with Crippen LogP contribution in [0.2, 0.25) is 0 Å². The van der Waals surface area contributed by atoms with Gasteiger partial charge < -0.3 is 9.64 Å². The first-order valence-electron chi connectivity index (χ1n) is 9.37. The highest BCUT2D eigenvalue weighted by molar-refractivity contribution is 6.05. The molecule has 0 fully saturated rings. The fraction of sp³-hybridized carbons (Fsp3) is 0.286. The minimum absolute atomic E-state index is 0.0672. The molecule has 2 aromatic heterocycles. The van der Waals surface area contributed by atoms with Gasteiger partial charge in [-0.25, -0.2) is 9.78 Å². The van der Waals surface area contributed by atoms with Crippen LogP contribution in [0.1, 0.15) is 23.8 Å². The highest BCUT2D eigenvalue weighted by Gasteiger charge is 2.21. The third-order valence-electron chi connectivity index (χ3n) is 4.67. The van der Waals surface area contributed by atoms with E-state index < -0.39 is 17.2 Å². The van der Waals surface area contributed by atoms with Crippen LogP contribution in [-0.2, 0) is 14.1 Å². The molecule has 3 aromatic rings. The maximum absolute atomic E-state index is 13.2. The zero-order valence-electron chi connectivity index (χ0n) is 17.0. The van der Waals surface area contributed by atoms with Gasteiger partial charge in [-0.05, 0) is 43.3 Å². The van der Waals surface area contributed by atoms with E-state index in [1.54, 1.807) is 24.3 Å². The van der Waals surface area contributed by atoms with Gasteiger partial charge in [-0.15, -0.1) is 0 Å². The van der Waals surface area contributed by atoms with Gasteiger partial charge in [0, 0.05) is 26.3 Å². The van der Waals surface area contributed by atoms with Crippen LogP contribution in [0.15, 0.2) is 46.0 Å². The minimum Gasteiger partial charge on any atom is -0.494 e. The predicted octanol–water partition coefficient (Wildman–Crippen LogP) is 1.59. The number of carbonyl (C=O) groups is 1. The molecule has 9 nitrogen and oxygen atoms in total. The summed E-state index contributed by atoms with van der Waals surface area (Å²) in [4.78, 5) is 43.5. The van der Waals surface area contributed by atoms with Gasteiger partial charge >= 0.3 is 5.69 Å². The Morgan fingerprint density at radius 1 is 1.13 bits per heavy atom. The molecule has 0 spiro atoms. The molecule has 1 amide bonds. The Labute approximate surface area is 172 Å². The van der Waals surface area contributed by atoms with E-state index >= 15 is 0 Å². The maximum atomic E-state index is 13.2. The normalized spacial score (nSPS) is 10.6. The summed E-state index contributed by atoms with van der Waals surface area (Å²) in [5.74, 6) is 0.230. The number of nitrogens with zero attached hydrogens (tertiary/aromatic N) is 5. The second-order valence-corrected chi connectivity index (χ2v) is 6.57. The molecule has 2 heterocycles. The van der Waals surface area contributed by atoms with Gasteiger partial charge in [0.1, 0.15) is 17.1 Å². The highest BCUT2D eigenvalue weighted by atomic mass is 16.5. The van der Waals surface area contributed by atoms with Gasteiger partial charge in [0.15, 0.2) is 0 Å². The number of pyridine rings is 1. The number of aryl methyl sites for hydroxylation is 1. The van der Waals surface area contributed by atoms with E-state index in [0.29, 0.717) is 18.0 Å². The number of carbonyl (C=O) groups excluding carboxylic acids is 1. The first-order valence-corrected chi connectivity index (χ1v) is 9.37. The molecule has 0 aliphatic heterocycles. The molecule has 0 radical (unpaired) electrons. The Bertz CT molecular complexity index is 1250. The standard InChI is InChI=1S/C21H21N5O4/c1-4-30-15-8-6-14(7-9-15)26(13-5-12-22)20(28)17-11-10-16-18(23-17)24(2)21(29)25(3)19(16)27/h6-11H,4-5,13H2,1-3H3. The Morgan fingerprint density at radius 2 is 1.83 bits per heavy atom. The Balaban J connectivity index is 2.06. The number of benzene rings is 1. The summed E-state index contributed by atoms with van der Waals surface area (Å²) >= 11 is 0. The van der Waals surface area contributed by atoms with Crippen molar-refractivity contribution >= 4 is 22.6 Å². The first-order chi connectivity index (χ1) is 14.4. The van der Waals surface area contributed by atoms with Crippen molar-refractivity contribution in [1.82, 2.24) is 14.1 Å². The summed E-state index contributed by atoms with van der Waals surface area (Å²) in [6.45, 7) is 2.57. The maximum Gasteiger partial charge on any atom is 0.332 e. The van der Waals surface area contributed by atoms with Crippen LogP contribution in [0.5, 0.6) is 5.75 Å². The summed E-state index contributed by atoms with van der Waals surface area (Å²) in [6, 6.07) is 11.9. The van der Waals surface area contributed by atoms with Crippen molar-refractivity contribution in [3.63, 3.8) is 0 Å². The number of ether oxygens (including phenoxy) is 1. The molecular formula is C21H21N5O4. The molecule has 9 heteroatoms. The lowest BCUT2D eigenvalue weighted by Crippen LogP contribution is -2.38. The van der Waals surface area contributed by atoms with Crippen LogP contribution < -0.4 is 20.9 Å². The van der Waals surface area contributed by atoms with Crippen LogP contribution >= 0.6 is 0 Å². The van der Waals surface area contributed by atoms with Crippen molar-refractivity contribution in [1.29, 1.82) is 5.26 Å². The van der Waals surface area contributed by atoms with E-state index in [1.807, 2.05) is 13.0 Å². The van der Waals surface area contributed by atoms with Gasteiger partial charge in [-0.3, -0.25) is 18.7 Å². The van der Waals surface area contributed by atoms with E-state index in [9.17, 15) is 14.4 Å². The molecule has 0 atom stereocenters. The lowest BCUT2D eigenvalue weighted by Gasteiger charge is -2.22. The number of anilines is 1. The third-order valence-corrected chi connectivity index (χ3v) is 4.67. The smallest absolute Gasteiger partial charge is 0.332 e. The van der Waals surface area contributed by atoms with Crippen LogP contribution in [0.25, 0.3) is 11.0 Å². The van der Waals surface area contributed by atoms with Crippen LogP contribution in [0, 0.1) is 11.3 Å². The minimum atomic E-state index is -0.530. The van der Waals surface area contributed by atoms with Crippen LogP contribution in [-0.4, -0.2) is 33.2 Å². The van der Waals surface area contributed by atoms with Gasteiger partial charge in [0.2, 0.25) is 0 Å². The van der Waals surface area contributed by atoms with Gasteiger partial charge in [-0.2, -0.15) is 5.26 Å². The Kier molecular flexibility index (Phi) is 5.97. The molecule has 0 aliphatic carbocycles. The molecule has 0 aliphatic rings. The monoisotopic (exact) mass is 407 g/mol. The van der Waals surface area contributed by atoms with Gasteiger partial charge in [-0.1, -0.05) is 0 Å². The average molecular weight is 407 g/mol. The largest absolute Gasteiger partial charge is 0.494 e. The number of hydrogen-bond acceptors (Lipinski definition) is 6. The van der Waals surface area contributed by atoms with E-state index in [0.717, 1.165) is 4.57 Å². The van der Waals surface area contributed by atoms with Gasteiger partial charge in [0.05, 0.1) is 24.5 Å². The van der Waals surface area contributed by atoms with E-state index in [2.05, 4.69) is 4.98 Å². The summed E-state index contributed by atoms with van der Waals surface area (Å²) < 4.78 is 7.65. The van der Waals surface area contributed by atoms with Crippen molar-refractivity contribution in [3.05, 3.63) is 62.9 Å². The number of nitriles is 1. The summed E-state index contributed by atoms with van der Waals surface area (Å²) in [5.41, 5.74) is -0.234. The Hall–Kier alpha value is -3.93. The molecule has 30 heavy (non-hydrogen) atoms. The fourth-order valence-electron chi connectivity index (χ4n) is 3.11. The molecule has 0 saturated heterocycles. The number of rotatable bonds is 6. The van der Waals surface area contributed by atoms with E-state index in [-0.39, 0.29) is 29.7 Å². The lowest BCUT2D eigenvalue weighted by molar-refractivity contribution is 0.0983. The molecule has 3 rings (SSSR count). The second-order valence-electron chi connectivity index (χ2n) is 6.57. The first kappa shape index (κ1) is 20.8. The van der Waals surface area contributed by atoms with Crippen LogP contribution in [0.3, 0.4) is 0 Å². The number of fused-ring (bicyclic) bond motifs is 1. The quantitative estimate of drug-likeness (QED) is 0.614. The average Bonchev–Trinajstić information content (AvgIpc) is 2.77. The third kappa shape index (κ3) is 3.80. The Morgan fingerprint density at radius 3 is 2.47 bits per heavy atom. The molecule has 0 unspecified atom stereocenters. The number of aromatic nitrogens is 3. The summed E-state index contributed by atoms with van der Waals surface area (Å²) in [7, 11) is 2.88. The number of hydrogen-bond donors (Lipinski definition) is 0. The highest BCUT2D eigenvalue weighted by Crippen LogP contribution is 2.22. The van der Waals surface area contributed by atoms with Crippen molar-refractivity contribution in [2.75, 3.05) is 18.1 Å². The van der Waals surface area contributed by atoms with Crippen molar-refractivity contribution in [3.8, 4) is 11.8 Å². The van der Waals surface area contributed by atoms with E-state index in [1.165, 1.54) is 35.7 Å². The molecule has 0 N–H and O–H groups in total. The zero-order chi connectivity index (χ0) is 21.8. The topological polar surface area (TPSA) is 110 Å². The van der Waals surface area contributed by atoms with Crippen molar-refractivity contribution in [2.45, 2.75) is 13.3 Å². The second kappa shape index (κ2) is 8.61. The molecule has 0 saturated carbocycles. The van der Waals surface area contributed by atoms with E-state index in [4.69, 9.17) is 10.00 Å². The predicted molar refractivity (Wildman–Crippen MR) is 112 cm³/mol. The summed E-state index contributed by atoms with van der Waals surface area (Å²) in [6.07, 6.45) is 0.131. The summed E-state index contributed by atoms with van der Waals surface area (Å²) in [5, 5.41) is 9.23. The molecule has 1 aromatic carbocycles. The van der Waals surface area contributed by atoms with Crippen molar-refractivity contribution < 1.29 is 9.53 Å². The zero-order valence-corrected chi connectivity index (χ0v) is 17.0.